The summed E-state index contributed by atoms with van der Waals surface area (Å²) in [6, 6.07) is 4.65. The van der Waals surface area contributed by atoms with E-state index < -0.39 is 12.4 Å². The third-order valence-corrected chi connectivity index (χ3v) is 2.33. The first-order valence-electron chi connectivity index (χ1n) is 4.79. The van der Waals surface area contributed by atoms with Gasteiger partial charge in [-0.15, -0.1) is 13.2 Å². The molecule has 1 aliphatic rings. The number of β-lactam (4-membered cyclic amide) rings is 1. The van der Waals surface area contributed by atoms with Crippen molar-refractivity contribution in [1.29, 1.82) is 0 Å². The standard InChI is InChI=1S/C10H9F3N2O2/c11-10(12,13)17-7-3-1-2-6(4-7)15-5-8(14)9(15)16/h1-4,8H,5,14H2. The van der Waals surface area contributed by atoms with Crippen LogP contribution in [0.3, 0.4) is 0 Å². The number of carbonyl (C=O) groups is 1. The van der Waals surface area contributed by atoms with E-state index in [0.29, 0.717) is 12.2 Å². The van der Waals surface area contributed by atoms with Crippen molar-refractivity contribution in [2.24, 2.45) is 5.73 Å². The van der Waals surface area contributed by atoms with Gasteiger partial charge < -0.3 is 15.4 Å². The molecule has 2 rings (SSSR count). The first-order valence-corrected chi connectivity index (χ1v) is 4.79. The molecule has 1 saturated heterocycles. The second kappa shape index (κ2) is 3.92. The van der Waals surface area contributed by atoms with Crippen LogP contribution in [0.5, 0.6) is 5.75 Å². The first-order chi connectivity index (χ1) is 7.87. The maximum atomic E-state index is 12.0. The number of amides is 1. The SMILES string of the molecule is NC1CN(c2cccc(OC(F)(F)F)c2)C1=O. The molecule has 1 atom stereocenters. The predicted octanol–water partition coefficient (Wildman–Crippen LogP) is 1.26. The Hall–Kier alpha value is -1.76. The lowest BCUT2D eigenvalue weighted by Crippen LogP contribution is -2.61. The van der Waals surface area contributed by atoms with E-state index in [2.05, 4.69) is 4.74 Å². The quantitative estimate of drug-likeness (QED) is 0.799. The van der Waals surface area contributed by atoms with Gasteiger partial charge in [-0.1, -0.05) is 6.07 Å². The maximum Gasteiger partial charge on any atom is 0.573 e. The zero-order chi connectivity index (χ0) is 12.6. The molecule has 7 heteroatoms. The molecule has 0 saturated carbocycles. The van der Waals surface area contributed by atoms with Crippen LogP contribution in [0.25, 0.3) is 0 Å². The van der Waals surface area contributed by atoms with Gasteiger partial charge in [0.15, 0.2) is 0 Å². The van der Waals surface area contributed by atoms with Crippen LogP contribution < -0.4 is 15.4 Å². The maximum absolute atomic E-state index is 12.0. The number of carbonyl (C=O) groups excluding carboxylic acids is 1. The van der Waals surface area contributed by atoms with Crippen LogP contribution >= 0.6 is 0 Å². The Balaban J connectivity index is 2.15. The van der Waals surface area contributed by atoms with Crippen LogP contribution in [-0.2, 0) is 4.79 Å². The van der Waals surface area contributed by atoms with Crippen LogP contribution in [0.2, 0.25) is 0 Å². The molecule has 0 spiro atoms. The summed E-state index contributed by atoms with van der Waals surface area (Å²) in [4.78, 5) is 12.6. The number of hydrogen-bond donors (Lipinski definition) is 1. The molecule has 0 aliphatic carbocycles. The Bertz CT molecular complexity index is 447. The van der Waals surface area contributed by atoms with Crippen molar-refractivity contribution >= 4 is 11.6 Å². The van der Waals surface area contributed by atoms with E-state index in [0.717, 1.165) is 6.07 Å². The minimum absolute atomic E-state index is 0.300. The molecule has 4 nitrogen and oxygen atoms in total. The molecule has 2 N–H and O–H groups in total. The molecule has 1 aliphatic heterocycles. The number of ether oxygens (including phenoxy) is 1. The van der Waals surface area contributed by atoms with E-state index in [-0.39, 0.29) is 11.7 Å². The van der Waals surface area contributed by atoms with Crippen LogP contribution in [-0.4, -0.2) is 24.9 Å². The summed E-state index contributed by atoms with van der Waals surface area (Å²) in [6.45, 7) is 0.300. The fourth-order valence-electron chi connectivity index (χ4n) is 1.53. The van der Waals surface area contributed by atoms with Crippen LogP contribution in [0.4, 0.5) is 18.9 Å². The number of alkyl halides is 3. The number of nitrogens with zero attached hydrogens (tertiary/aromatic N) is 1. The molecule has 0 aromatic heterocycles. The summed E-state index contributed by atoms with van der Waals surface area (Å²) in [5.41, 5.74) is 5.73. The molecular weight excluding hydrogens is 237 g/mol. The fourth-order valence-corrected chi connectivity index (χ4v) is 1.53. The van der Waals surface area contributed by atoms with E-state index in [4.69, 9.17) is 5.73 Å². The summed E-state index contributed by atoms with van der Waals surface area (Å²) < 4.78 is 39.7. The van der Waals surface area contributed by atoms with Crippen molar-refractivity contribution in [2.45, 2.75) is 12.4 Å². The number of anilines is 1. The highest BCUT2D eigenvalue weighted by atomic mass is 19.4. The van der Waals surface area contributed by atoms with Gasteiger partial charge in [0.05, 0.1) is 6.54 Å². The van der Waals surface area contributed by atoms with Gasteiger partial charge >= 0.3 is 6.36 Å². The predicted molar refractivity (Wildman–Crippen MR) is 53.5 cm³/mol. The number of halogens is 3. The van der Waals surface area contributed by atoms with Crippen molar-refractivity contribution in [3.8, 4) is 5.75 Å². The van der Waals surface area contributed by atoms with Crippen molar-refractivity contribution in [3.05, 3.63) is 24.3 Å². The van der Waals surface area contributed by atoms with Crippen LogP contribution in [0, 0.1) is 0 Å². The van der Waals surface area contributed by atoms with Crippen LogP contribution in [0.15, 0.2) is 24.3 Å². The van der Waals surface area contributed by atoms with Gasteiger partial charge in [0.2, 0.25) is 5.91 Å². The van der Waals surface area contributed by atoms with Crippen molar-refractivity contribution in [3.63, 3.8) is 0 Å². The Kier molecular flexibility index (Phi) is 2.70. The van der Waals surface area contributed by atoms with E-state index >= 15 is 0 Å². The topological polar surface area (TPSA) is 55.6 Å². The summed E-state index contributed by atoms with van der Waals surface area (Å²) in [5, 5.41) is 0. The molecule has 1 amide bonds. The van der Waals surface area contributed by atoms with Crippen LogP contribution in [0.1, 0.15) is 0 Å². The molecule has 1 aromatic carbocycles. The van der Waals surface area contributed by atoms with Gasteiger partial charge in [-0.3, -0.25) is 4.79 Å². The lowest BCUT2D eigenvalue weighted by molar-refractivity contribution is -0.274. The van der Waals surface area contributed by atoms with Crippen molar-refractivity contribution < 1.29 is 22.7 Å². The Morgan fingerprint density at radius 2 is 2.12 bits per heavy atom. The smallest absolute Gasteiger partial charge is 0.406 e. The molecule has 1 unspecified atom stereocenters. The number of nitrogens with two attached hydrogens (primary N) is 1. The summed E-state index contributed by atoms with van der Waals surface area (Å²) in [6.07, 6.45) is -4.74. The number of hydrogen-bond acceptors (Lipinski definition) is 3. The van der Waals surface area contributed by atoms with E-state index in [9.17, 15) is 18.0 Å². The third kappa shape index (κ3) is 2.50. The van der Waals surface area contributed by atoms with Gasteiger partial charge in [0.25, 0.3) is 0 Å². The lowest BCUT2D eigenvalue weighted by atomic mass is 10.1. The highest BCUT2D eigenvalue weighted by Crippen LogP contribution is 2.28. The second-order valence-electron chi connectivity index (χ2n) is 3.60. The Morgan fingerprint density at radius 3 is 2.65 bits per heavy atom. The Labute approximate surface area is 94.8 Å². The summed E-state index contributed by atoms with van der Waals surface area (Å²) in [7, 11) is 0. The molecule has 1 fully saturated rings. The van der Waals surface area contributed by atoms with Gasteiger partial charge in [0.1, 0.15) is 11.8 Å². The minimum atomic E-state index is -4.74. The molecule has 0 radical (unpaired) electrons. The molecule has 1 aromatic rings. The third-order valence-electron chi connectivity index (χ3n) is 2.33. The molecule has 0 bridgehead atoms. The molecule has 92 valence electrons. The van der Waals surface area contributed by atoms with Crippen molar-refractivity contribution in [1.82, 2.24) is 0 Å². The largest absolute Gasteiger partial charge is 0.573 e. The minimum Gasteiger partial charge on any atom is -0.406 e. The number of benzene rings is 1. The lowest BCUT2D eigenvalue weighted by Gasteiger charge is -2.36. The summed E-state index contributed by atoms with van der Waals surface area (Å²) in [5.74, 6) is -0.669. The number of rotatable bonds is 2. The Morgan fingerprint density at radius 1 is 1.41 bits per heavy atom. The van der Waals surface area contributed by atoms with Gasteiger partial charge in [-0.05, 0) is 12.1 Å². The van der Waals surface area contributed by atoms with E-state index in [1.165, 1.54) is 23.1 Å². The van der Waals surface area contributed by atoms with E-state index in [1.807, 2.05) is 0 Å². The van der Waals surface area contributed by atoms with Crippen molar-refractivity contribution in [2.75, 3.05) is 11.4 Å². The highest BCUT2D eigenvalue weighted by molar-refractivity contribution is 6.03. The normalized spacial score (nSPS) is 20.1. The molecule has 1 heterocycles. The first kappa shape index (κ1) is 11.7. The fraction of sp³-hybridized carbons (Fsp3) is 0.300. The van der Waals surface area contributed by atoms with Gasteiger partial charge in [-0.2, -0.15) is 0 Å². The average molecular weight is 246 g/mol. The zero-order valence-electron chi connectivity index (χ0n) is 8.57. The second-order valence-corrected chi connectivity index (χ2v) is 3.60. The highest BCUT2D eigenvalue weighted by Gasteiger charge is 2.35. The van der Waals surface area contributed by atoms with E-state index in [1.54, 1.807) is 0 Å². The zero-order valence-corrected chi connectivity index (χ0v) is 8.57. The summed E-state index contributed by atoms with van der Waals surface area (Å²) >= 11 is 0. The van der Waals surface area contributed by atoms with Gasteiger partial charge in [-0.25, -0.2) is 0 Å². The molecule has 17 heavy (non-hydrogen) atoms. The van der Waals surface area contributed by atoms with Gasteiger partial charge in [0, 0.05) is 11.8 Å². The monoisotopic (exact) mass is 246 g/mol. The molecular formula is C10H9F3N2O2. The average Bonchev–Trinajstić information content (AvgIpc) is 2.23.